The maximum absolute atomic E-state index is 12.7. The molecule has 3 rings (SSSR count). The molecule has 12 heteroatoms. The lowest BCUT2D eigenvalue weighted by Gasteiger charge is -2.15. The Bertz CT molecular complexity index is 1010. The zero-order valence-electron chi connectivity index (χ0n) is 16.0. The molecule has 0 spiro atoms. The minimum Gasteiger partial charge on any atom is -0.378 e. The summed E-state index contributed by atoms with van der Waals surface area (Å²) in [4.78, 5) is 13.9. The van der Waals surface area contributed by atoms with Gasteiger partial charge in [-0.1, -0.05) is 28.9 Å². The van der Waals surface area contributed by atoms with E-state index in [1.54, 1.807) is 18.2 Å². The summed E-state index contributed by atoms with van der Waals surface area (Å²) >= 11 is 5.94. The Morgan fingerprint density at radius 3 is 2.83 bits per heavy atom. The molecule has 0 aliphatic carbocycles. The summed E-state index contributed by atoms with van der Waals surface area (Å²) in [6.07, 6.45) is 1.49. The lowest BCUT2D eigenvalue weighted by atomic mass is 10.2. The van der Waals surface area contributed by atoms with Crippen LogP contribution in [0.2, 0.25) is 5.02 Å². The Kier molecular flexibility index (Phi) is 6.52. The first-order valence-electron chi connectivity index (χ1n) is 8.99. The van der Waals surface area contributed by atoms with E-state index in [4.69, 9.17) is 17.3 Å². The number of nitrogens with zero attached hydrogens (tertiary/aromatic N) is 6. The van der Waals surface area contributed by atoms with Gasteiger partial charge in [-0.2, -0.15) is 9.78 Å². The number of hydrogen-bond acceptors (Lipinski definition) is 8. The normalized spacial score (nSPS) is 11.4. The van der Waals surface area contributed by atoms with Gasteiger partial charge in [-0.25, -0.2) is 10.1 Å². The van der Waals surface area contributed by atoms with Gasteiger partial charge in [0.25, 0.3) is 5.91 Å². The van der Waals surface area contributed by atoms with Gasteiger partial charge in [-0.3, -0.25) is 4.79 Å². The SMILES string of the molecule is CC[NH+](CC)Cc1c(C(=O)N/N=C\c2cccc(Cl)c2)nnn1-c1nonc1N. The zero-order chi connectivity index (χ0) is 20.8. The predicted molar refractivity (Wildman–Crippen MR) is 106 cm³/mol. The number of carbonyl (C=O) groups excluding carboxylic acids is 1. The number of aromatic nitrogens is 5. The fourth-order valence-electron chi connectivity index (χ4n) is 2.69. The molecule has 0 unspecified atom stereocenters. The zero-order valence-corrected chi connectivity index (χ0v) is 16.7. The van der Waals surface area contributed by atoms with Crippen molar-refractivity contribution in [3.05, 3.63) is 46.2 Å². The van der Waals surface area contributed by atoms with Gasteiger partial charge >= 0.3 is 0 Å². The van der Waals surface area contributed by atoms with Gasteiger partial charge in [0.05, 0.1) is 19.3 Å². The standard InChI is InChI=1S/C17H20ClN9O2/c1-3-26(4-2)10-13-14(21-25-27(13)16-15(19)23-29-24-16)17(28)22-20-9-11-6-5-7-12(18)8-11/h5-9H,3-4,10H2,1-2H3,(H2,19,23)(H,22,28)/p+1/b20-9-. The van der Waals surface area contributed by atoms with Crippen LogP contribution in [0.5, 0.6) is 0 Å². The maximum atomic E-state index is 12.7. The van der Waals surface area contributed by atoms with Crippen LogP contribution >= 0.6 is 11.6 Å². The Hall–Kier alpha value is -3.31. The Labute approximate surface area is 171 Å². The molecule has 11 nitrogen and oxygen atoms in total. The van der Waals surface area contributed by atoms with Crippen molar-refractivity contribution in [2.24, 2.45) is 5.10 Å². The first-order chi connectivity index (χ1) is 14.0. The van der Waals surface area contributed by atoms with Crippen LogP contribution in [0.1, 0.15) is 35.6 Å². The predicted octanol–water partition coefficient (Wildman–Crippen LogP) is 0.0745. The van der Waals surface area contributed by atoms with Crippen LogP contribution in [0.4, 0.5) is 5.82 Å². The highest BCUT2D eigenvalue weighted by Gasteiger charge is 2.26. The highest BCUT2D eigenvalue weighted by molar-refractivity contribution is 6.30. The van der Waals surface area contributed by atoms with Crippen LogP contribution < -0.4 is 16.1 Å². The van der Waals surface area contributed by atoms with Gasteiger partial charge in [0.15, 0.2) is 5.69 Å². The van der Waals surface area contributed by atoms with E-state index in [-0.39, 0.29) is 17.3 Å². The molecule has 0 aliphatic heterocycles. The number of nitrogens with two attached hydrogens (primary N) is 1. The number of amides is 1. The number of quaternary nitrogens is 1. The third-order valence-corrected chi connectivity index (χ3v) is 4.56. The number of benzene rings is 1. The molecule has 152 valence electrons. The molecule has 2 aromatic heterocycles. The maximum Gasteiger partial charge on any atom is 0.294 e. The summed E-state index contributed by atoms with van der Waals surface area (Å²) < 4.78 is 6.02. The number of halogens is 1. The van der Waals surface area contributed by atoms with E-state index >= 15 is 0 Å². The number of nitrogen functional groups attached to an aromatic ring is 1. The van der Waals surface area contributed by atoms with E-state index in [0.717, 1.165) is 18.7 Å². The van der Waals surface area contributed by atoms with Gasteiger partial charge in [0, 0.05) is 5.02 Å². The molecule has 0 bridgehead atoms. The molecule has 0 radical (unpaired) electrons. The van der Waals surface area contributed by atoms with E-state index in [0.29, 0.717) is 17.3 Å². The van der Waals surface area contributed by atoms with Crippen molar-refractivity contribution in [2.75, 3.05) is 18.8 Å². The van der Waals surface area contributed by atoms with Gasteiger partial charge < -0.3 is 10.6 Å². The fourth-order valence-corrected chi connectivity index (χ4v) is 2.89. The number of carbonyl (C=O) groups is 1. The van der Waals surface area contributed by atoms with Crippen molar-refractivity contribution in [3.63, 3.8) is 0 Å². The van der Waals surface area contributed by atoms with Crippen molar-refractivity contribution >= 4 is 29.5 Å². The molecular weight excluding hydrogens is 398 g/mol. The highest BCUT2D eigenvalue weighted by Crippen LogP contribution is 2.15. The van der Waals surface area contributed by atoms with Crippen LogP contribution in [-0.2, 0) is 6.54 Å². The van der Waals surface area contributed by atoms with Crippen LogP contribution in [0.15, 0.2) is 34.0 Å². The lowest BCUT2D eigenvalue weighted by Crippen LogP contribution is -3.10. The smallest absolute Gasteiger partial charge is 0.294 e. The van der Waals surface area contributed by atoms with Crippen LogP contribution in [-0.4, -0.2) is 50.5 Å². The number of rotatable bonds is 8. The number of hydrazone groups is 1. The van der Waals surface area contributed by atoms with E-state index in [2.05, 4.69) is 35.8 Å². The van der Waals surface area contributed by atoms with E-state index in [1.165, 1.54) is 15.8 Å². The Balaban J connectivity index is 1.86. The third-order valence-electron chi connectivity index (χ3n) is 4.32. The summed E-state index contributed by atoms with van der Waals surface area (Å²) in [6, 6.07) is 7.08. The van der Waals surface area contributed by atoms with Gasteiger partial charge in [0.2, 0.25) is 11.6 Å². The first-order valence-corrected chi connectivity index (χ1v) is 9.36. The highest BCUT2D eigenvalue weighted by atomic mass is 35.5. The van der Waals surface area contributed by atoms with Gasteiger partial charge in [-0.05, 0) is 41.9 Å². The average Bonchev–Trinajstić information content (AvgIpc) is 3.31. The van der Waals surface area contributed by atoms with Crippen LogP contribution in [0.25, 0.3) is 5.82 Å². The van der Waals surface area contributed by atoms with Crippen molar-refractivity contribution in [1.29, 1.82) is 0 Å². The molecule has 0 aliphatic rings. The van der Waals surface area contributed by atoms with Gasteiger partial charge in [0.1, 0.15) is 12.2 Å². The average molecular weight is 419 g/mol. The number of hydrogen-bond donors (Lipinski definition) is 3. The third kappa shape index (κ3) is 4.76. The monoisotopic (exact) mass is 418 g/mol. The summed E-state index contributed by atoms with van der Waals surface area (Å²) in [5, 5.41) is 19.9. The van der Waals surface area contributed by atoms with E-state index in [9.17, 15) is 4.79 Å². The molecule has 0 fully saturated rings. The minimum atomic E-state index is -0.508. The molecule has 3 aromatic rings. The molecule has 1 aromatic carbocycles. The molecule has 2 heterocycles. The van der Waals surface area contributed by atoms with E-state index < -0.39 is 5.91 Å². The second kappa shape index (κ2) is 9.26. The summed E-state index contributed by atoms with van der Waals surface area (Å²) in [6.45, 7) is 6.28. The minimum absolute atomic E-state index is 0.0524. The molecular formula is C17H21ClN9O2+. The van der Waals surface area contributed by atoms with Gasteiger partial charge in [-0.15, -0.1) is 5.10 Å². The fraction of sp³-hybridized carbons (Fsp3) is 0.294. The van der Waals surface area contributed by atoms with Crippen molar-refractivity contribution in [2.45, 2.75) is 20.4 Å². The topological polar surface area (TPSA) is 142 Å². The largest absolute Gasteiger partial charge is 0.378 e. The number of anilines is 1. The van der Waals surface area contributed by atoms with Crippen molar-refractivity contribution in [3.8, 4) is 5.82 Å². The molecule has 29 heavy (non-hydrogen) atoms. The molecule has 0 saturated heterocycles. The molecule has 0 atom stereocenters. The number of nitrogens with one attached hydrogen (secondary N) is 2. The second-order valence-electron chi connectivity index (χ2n) is 6.16. The van der Waals surface area contributed by atoms with Crippen LogP contribution in [0.3, 0.4) is 0 Å². The first kappa shape index (κ1) is 20.4. The van der Waals surface area contributed by atoms with Crippen LogP contribution in [0, 0.1) is 0 Å². The summed E-state index contributed by atoms with van der Waals surface area (Å²) in [5.74, 6) is -0.275. The summed E-state index contributed by atoms with van der Waals surface area (Å²) in [5.41, 5.74) is 9.64. The Morgan fingerprint density at radius 2 is 2.17 bits per heavy atom. The van der Waals surface area contributed by atoms with Crippen molar-refractivity contribution in [1.82, 2.24) is 30.7 Å². The second-order valence-corrected chi connectivity index (χ2v) is 6.59. The quantitative estimate of drug-likeness (QED) is 0.347. The molecule has 4 N–H and O–H groups in total. The lowest BCUT2D eigenvalue weighted by molar-refractivity contribution is -0.910. The van der Waals surface area contributed by atoms with E-state index in [1.807, 2.05) is 19.9 Å². The van der Waals surface area contributed by atoms with Crippen molar-refractivity contribution < 1.29 is 14.3 Å². The molecule has 0 saturated carbocycles. The summed E-state index contributed by atoms with van der Waals surface area (Å²) in [7, 11) is 0. The Morgan fingerprint density at radius 1 is 1.38 bits per heavy atom. The molecule has 1 amide bonds.